The van der Waals surface area contributed by atoms with Gasteiger partial charge in [0.1, 0.15) is 11.2 Å². The number of sulfone groups is 1. The van der Waals surface area contributed by atoms with Crippen molar-refractivity contribution in [1.82, 2.24) is 15.7 Å². The maximum atomic E-state index is 13.4. The van der Waals surface area contributed by atoms with Gasteiger partial charge in [0, 0.05) is 25.6 Å². The summed E-state index contributed by atoms with van der Waals surface area (Å²) in [6.07, 6.45) is 3.76. The molecule has 3 N–H and O–H groups in total. The number of ether oxygens (including phenoxy) is 1. The van der Waals surface area contributed by atoms with Gasteiger partial charge in [-0.15, -0.1) is 0 Å². The van der Waals surface area contributed by atoms with Gasteiger partial charge in [0.25, 0.3) is 5.91 Å². The molecule has 2 atom stereocenters. The van der Waals surface area contributed by atoms with Gasteiger partial charge in [-0.25, -0.2) is 18.3 Å². The summed E-state index contributed by atoms with van der Waals surface area (Å²) in [6, 6.07) is 6.28. The van der Waals surface area contributed by atoms with E-state index in [4.69, 9.17) is 4.74 Å². The molecule has 3 heterocycles. The standard InChI is InChI=1S/C22H30FN3O5S/c23-18-3-1-16(2-4-18)17-5-9-24-20(13-17)32(29,30)15-22(21(27)25-28)7-10-26(11-8-22)19-6-12-31-14-19/h1-5,19-20,24,28H,6-15H2,(H,25,27)/t19-,20?/m0/s1. The van der Waals surface area contributed by atoms with Gasteiger partial charge in [0.15, 0.2) is 9.84 Å². The van der Waals surface area contributed by atoms with Gasteiger partial charge in [0.2, 0.25) is 0 Å². The summed E-state index contributed by atoms with van der Waals surface area (Å²) < 4.78 is 45.5. The third-order valence-electron chi connectivity index (χ3n) is 6.99. The van der Waals surface area contributed by atoms with E-state index in [1.165, 1.54) is 12.1 Å². The summed E-state index contributed by atoms with van der Waals surface area (Å²) in [5.74, 6) is -1.33. The molecule has 176 valence electrons. The quantitative estimate of drug-likeness (QED) is 0.428. The minimum Gasteiger partial charge on any atom is -0.380 e. The monoisotopic (exact) mass is 467 g/mol. The lowest BCUT2D eigenvalue weighted by Gasteiger charge is -2.42. The average molecular weight is 468 g/mol. The van der Waals surface area contributed by atoms with Crippen LogP contribution >= 0.6 is 0 Å². The zero-order valence-corrected chi connectivity index (χ0v) is 18.7. The first-order valence-corrected chi connectivity index (χ1v) is 12.7. The molecule has 32 heavy (non-hydrogen) atoms. The molecule has 4 rings (SSSR count). The number of carbonyl (C=O) groups excluding carboxylic acids is 1. The fraction of sp³-hybridized carbons (Fsp3) is 0.591. The van der Waals surface area contributed by atoms with E-state index >= 15 is 0 Å². The van der Waals surface area contributed by atoms with E-state index in [-0.39, 0.29) is 18.0 Å². The fourth-order valence-electron chi connectivity index (χ4n) is 4.99. The summed E-state index contributed by atoms with van der Waals surface area (Å²) in [7, 11) is -3.72. The SMILES string of the molecule is O=C(NO)C1(CS(=O)(=O)C2CC(c3ccc(F)cc3)=CCN2)CCN([C@H]2CCOC2)CC1. The molecule has 0 saturated carbocycles. The molecule has 1 amide bonds. The van der Waals surface area contributed by atoms with E-state index in [0.717, 1.165) is 24.2 Å². The number of piperidine rings is 1. The van der Waals surface area contributed by atoms with Crippen LogP contribution in [0.4, 0.5) is 4.39 Å². The highest BCUT2D eigenvalue weighted by molar-refractivity contribution is 7.92. The maximum absolute atomic E-state index is 13.4. The normalized spacial score (nSPS) is 26.5. The van der Waals surface area contributed by atoms with E-state index in [9.17, 15) is 22.8 Å². The molecular weight excluding hydrogens is 437 g/mol. The van der Waals surface area contributed by atoms with Crippen LogP contribution in [0.2, 0.25) is 0 Å². The minimum absolute atomic E-state index is 0.232. The van der Waals surface area contributed by atoms with Crippen molar-refractivity contribution < 1.29 is 27.5 Å². The zero-order valence-electron chi connectivity index (χ0n) is 17.9. The smallest absolute Gasteiger partial charge is 0.250 e. The van der Waals surface area contributed by atoms with Crippen LogP contribution in [-0.4, -0.2) is 74.4 Å². The van der Waals surface area contributed by atoms with Crippen LogP contribution in [0.3, 0.4) is 0 Å². The van der Waals surface area contributed by atoms with E-state index in [2.05, 4.69) is 10.2 Å². The topological polar surface area (TPSA) is 108 Å². The Balaban J connectivity index is 1.47. The Morgan fingerprint density at radius 3 is 2.62 bits per heavy atom. The molecule has 3 aliphatic rings. The predicted octanol–water partition coefficient (Wildman–Crippen LogP) is 1.32. The highest BCUT2D eigenvalue weighted by atomic mass is 32.2. The summed E-state index contributed by atoms with van der Waals surface area (Å²) >= 11 is 0. The molecule has 2 saturated heterocycles. The van der Waals surface area contributed by atoms with Crippen LogP contribution in [-0.2, 0) is 19.4 Å². The number of nitrogens with zero attached hydrogens (tertiary/aromatic N) is 1. The van der Waals surface area contributed by atoms with E-state index in [1.807, 2.05) is 6.08 Å². The molecule has 2 fully saturated rings. The number of rotatable bonds is 6. The van der Waals surface area contributed by atoms with Crippen molar-refractivity contribution in [1.29, 1.82) is 0 Å². The molecule has 8 nitrogen and oxygen atoms in total. The highest BCUT2D eigenvalue weighted by Gasteiger charge is 2.47. The second kappa shape index (κ2) is 9.56. The molecule has 10 heteroatoms. The van der Waals surface area contributed by atoms with Crippen molar-refractivity contribution in [3.8, 4) is 0 Å². The van der Waals surface area contributed by atoms with E-state index in [0.29, 0.717) is 45.1 Å². The third-order valence-corrected chi connectivity index (χ3v) is 9.14. The number of amides is 1. The number of hydrogen-bond acceptors (Lipinski definition) is 7. The number of hydroxylamine groups is 1. The van der Waals surface area contributed by atoms with E-state index < -0.39 is 26.5 Å². The van der Waals surface area contributed by atoms with Crippen LogP contribution in [0.15, 0.2) is 30.3 Å². The van der Waals surface area contributed by atoms with Crippen LogP contribution < -0.4 is 10.8 Å². The second-order valence-electron chi connectivity index (χ2n) is 8.92. The molecule has 0 aromatic heterocycles. The van der Waals surface area contributed by atoms with Crippen molar-refractivity contribution in [3.05, 3.63) is 41.7 Å². The maximum Gasteiger partial charge on any atom is 0.250 e. The predicted molar refractivity (Wildman–Crippen MR) is 117 cm³/mol. The van der Waals surface area contributed by atoms with Crippen molar-refractivity contribution in [3.63, 3.8) is 0 Å². The Kier molecular flexibility index (Phi) is 6.97. The van der Waals surface area contributed by atoms with Crippen molar-refractivity contribution in [2.24, 2.45) is 5.41 Å². The number of likely N-dealkylation sites (tertiary alicyclic amines) is 1. The molecule has 0 spiro atoms. The first kappa shape index (κ1) is 23.3. The van der Waals surface area contributed by atoms with Crippen LogP contribution in [0.25, 0.3) is 5.57 Å². The number of benzene rings is 1. The Morgan fingerprint density at radius 2 is 2.00 bits per heavy atom. The molecule has 0 radical (unpaired) electrons. The average Bonchev–Trinajstić information content (AvgIpc) is 3.34. The third kappa shape index (κ3) is 4.89. The van der Waals surface area contributed by atoms with Gasteiger partial charge in [-0.1, -0.05) is 18.2 Å². The lowest BCUT2D eigenvalue weighted by molar-refractivity contribution is -0.141. The van der Waals surface area contributed by atoms with Gasteiger partial charge >= 0.3 is 0 Å². The summed E-state index contributed by atoms with van der Waals surface area (Å²) in [5.41, 5.74) is 2.14. The summed E-state index contributed by atoms with van der Waals surface area (Å²) in [5, 5.41) is 11.5. The molecular formula is C22H30FN3O5S. The van der Waals surface area contributed by atoms with Gasteiger partial charge < -0.3 is 4.74 Å². The first-order chi connectivity index (χ1) is 15.3. The molecule has 1 aromatic carbocycles. The molecule has 3 aliphatic heterocycles. The van der Waals surface area contributed by atoms with Gasteiger partial charge in [-0.2, -0.15) is 0 Å². The Morgan fingerprint density at radius 1 is 1.28 bits per heavy atom. The Bertz CT molecular complexity index is 952. The first-order valence-electron chi connectivity index (χ1n) is 11.0. The summed E-state index contributed by atoms with van der Waals surface area (Å²) in [6.45, 7) is 2.90. The Hall–Kier alpha value is -1.85. The largest absolute Gasteiger partial charge is 0.380 e. The van der Waals surface area contributed by atoms with Crippen molar-refractivity contribution in [2.75, 3.05) is 38.6 Å². The lowest BCUT2D eigenvalue weighted by atomic mass is 9.79. The van der Waals surface area contributed by atoms with Crippen LogP contribution in [0.1, 0.15) is 31.2 Å². The molecule has 0 aliphatic carbocycles. The fourth-order valence-corrected chi connectivity index (χ4v) is 7.17. The molecule has 1 aromatic rings. The molecule has 1 unspecified atom stereocenters. The van der Waals surface area contributed by atoms with E-state index in [1.54, 1.807) is 17.6 Å². The van der Waals surface area contributed by atoms with Crippen LogP contribution in [0, 0.1) is 11.2 Å². The number of hydrogen-bond donors (Lipinski definition) is 3. The van der Waals surface area contributed by atoms with Crippen molar-refractivity contribution >= 4 is 21.3 Å². The van der Waals surface area contributed by atoms with Crippen molar-refractivity contribution in [2.45, 2.75) is 37.1 Å². The zero-order chi connectivity index (χ0) is 22.8. The Labute approximate surface area is 187 Å². The lowest BCUT2D eigenvalue weighted by Crippen LogP contribution is -2.55. The highest BCUT2D eigenvalue weighted by Crippen LogP contribution is 2.37. The van der Waals surface area contributed by atoms with Gasteiger partial charge in [0.05, 0.1) is 17.8 Å². The number of carbonyl (C=O) groups is 1. The van der Waals surface area contributed by atoms with Crippen LogP contribution in [0.5, 0.6) is 0 Å². The summed E-state index contributed by atoms with van der Waals surface area (Å²) in [4.78, 5) is 14.9. The number of halogens is 1. The minimum atomic E-state index is -3.72. The number of nitrogens with one attached hydrogen (secondary N) is 2. The molecule has 0 bridgehead atoms. The second-order valence-corrected chi connectivity index (χ2v) is 11.1. The van der Waals surface area contributed by atoms with Gasteiger partial charge in [-0.3, -0.25) is 20.2 Å². The van der Waals surface area contributed by atoms with Gasteiger partial charge in [-0.05, 0) is 55.6 Å².